The predicted octanol–water partition coefficient (Wildman–Crippen LogP) is 5.12. The zero-order chi connectivity index (χ0) is 21.5. The summed E-state index contributed by atoms with van der Waals surface area (Å²) >= 11 is 6.22. The van der Waals surface area contributed by atoms with Crippen molar-refractivity contribution in [1.29, 1.82) is 0 Å². The van der Waals surface area contributed by atoms with Gasteiger partial charge < -0.3 is 15.0 Å². The maximum absolute atomic E-state index is 13.4. The van der Waals surface area contributed by atoms with Crippen LogP contribution in [0.3, 0.4) is 0 Å². The van der Waals surface area contributed by atoms with Gasteiger partial charge >= 0.3 is 5.97 Å². The molecule has 0 saturated heterocycles. The van der Waals surface area contributed by atoms with Gasteiger partial charge in [0.05, 0.1) is 18.9 Å². The quantitative estimate of drug-likeness (QED) is 0.470. The number of aromatic amines is 1. The second-order valence-electron chi connectivity index (χ2n) is 7.97. The molecule has 1 amide bonds. The highest BCUT2D eigenvalue weighted by Crippen LogP contribution is 2.39. The van der Waals surface area contributed by atoms with E-state index in [0.717, 1.165) is 38.5 Å². The first-order chi connectivity index (χ1) is 15.0. The number of nitrogens with one attached hydrogen (secondary N) is 1. The van der Waals surface area contributed by atoms with Gasteiger partial charge in [0, 0.05) is 40.1 Å². The molecule has 0 saturated carbocycles. The number of carbonyl (C=O) groups excluding carboxylic acids is 1. The number of amides is 1. The number of nitrogens with zero attached hydrogens (tertiary/aromatic N) is 1. The first kappa shape index (κ1) is 19.6. The van der Waals surface area contributed by atoms with Crippen LogP contribution >= 0.6 is 11.6 Å². The average molecular weight is 433 g/mol. The standard InChI is InChI=1S/C25H21ClN2O3/c26-17-8-9-20-19(13-17)25-21(27-20)10-11-28(22(25)14-24(30)31)23(29)12-16-6-3-5-15-4-1-2-7-18(15)16/h1-9,13,22,27H,10-12,14H2,(H,30,31). The van der Waals surface area contributed by atoms with Crippen molar-refractivity contribution in [3.8, 4) is 0 Å². The summed E-state index contributed by atoms with van der Waals surface area (Å²) in [6.45, 7) is 0.481. The van der Waals surface area contributed by atoms with Gasteiger partial charge in [-0.15, -0.1) is 0 Å². The van der Waals surface area contributed by atoms with E-state index >= 15 is 0 Å². The maximum atomic E-state index is 13.4. The molecule has 0 bridgehead atoms. The van der Waals surface area contributed by atoms with Crippen molar-refractivity contribution < 1.29 is 14.7 Å². The molecular weight excluding hydrogens is 412 g/mol. The molecule has 6 heteroatoms. The number of hydrogen-bond acceptors (Lipinski definition) is 2. The van der Waals surface area contributed by atoms with Crippen LogP contribution in [0.1, 0.15) is 29.3 Å². The number of carboxylic acids is 1. The van der Waals surface area contributed by atoms with Gasteiger partial charge in [0.1, 0.15) is 0 Å². The molecule has 5 nitrogen and oxygen atoms in total. The number of aromatic nitrogens is 1. The smallest absolute Gasteiger partial charge is 0.305 e. The third kappa shape index (κ3) is 3.55. The fourth-order valence-corrected chi connectivity index (χ4v) is 4.92. The molecule has 4 aromatic rings. The molecular formula is C25H21ClN2O3. The lowest BCUT2D eigenvalue weighted by Crippen LogP contribution is -2.41. The minimum atomic E-state index is -0.933. The molecule has 0 radical (unpaired) electrons. The Morgan fingerprint density at radius 3 is 2.71 bits per heavy atom. The van der Waals surface area contributed by atoms with Crippen LogP contribution in [0.5, 0.6) is 0 Å². The fraction of sp³-hybridized carbons (Fsp3) is 0.200. The zero-order valence-electron chi connectivity index (χ0n) is 16.8. The van der Waals surface area contributed by atoms with E-state index in [-0.39, 0.29) is 18.7 Å². The van der Waals surface area contributed by atoms with Crippen LogP contribution < -0.4 is 0 Å². The molecule has 0 fully saturated rings. The van der Waals surface area contributed by atoms with Crippen LogP contribution in [-0.4, -0.2) is 33.4 Å². The summed E-state index contributed by atoms with van der Waals surface area (Å²) in [5, 5.41) is 13.2. The van der Waals surface area contributed by atoms with Gasteiger partial charge in [-0.05, 0) is 34.5 Å². The lowest BCUT2D eigenvalue weighted by molar-refractivity contribution is -0.141. The summed E-state index contributed by atoms with van der Waals surface area (Å²) in [5.41, 5.74) is 3.72. The Morgan fingerprint density at radius 2 is 1.87 bits per heavy atom. The maximum Gasteiger partial charge on any atom is 0.305 e. The first-order valence-electron chi connectivity index (χ1n) is 10.3. The molecule has 1 unspecified atom stereocenters. The van der Waals surface area contributed by atoms with Crippen molar-refractivity contribution in [1.82, 2.24) is 9.88 Å². The molecule has 2 N–H and O–H groups in total. The highest BCUT2D eigenvalue weighted by Gasteiger charge is 2.35. The molecule has 1 aliphatic heterocycles. The Labute approximate surface area is 184 Å². The van der Waals surface area contributed by atoms with Gasteiger partial charge in [0.15, 0.2) is 0 Å². The molecule has 1 atom stereocenters. The number of halogens is 1. The van der Waals surface area contributed by atoms with Crippen LogP contribution in [0.15, 0.2) is 60.7 Å². The molecule has 1 aliphatic rings. The van der Waals surface area contributed by atoms with Gasteiger partial charge in [-0.1, -0.05) is 54.1 Å². The molecule has 2 heterocycles. The van der Waals surface area contributed by atoms with Crippen molar-refractivity contribution in [2.75, 3.05) is 6.54 Å². The van der Waals surface area contributed by atoms with Gasteiger partial charge in [-0.3, -0.25) is 9.59 Å². The number of carbonyl (C=O) groups is 2. The third-order valence-corrected chi connectivity index (χ3v) is 6.34. The Bertz CT molecular complexity index is 1320. The number of benzene rings is 3. The van der Waals surface area contributed by atoms with Crippen molar-refractivity contribution in [2.45, 2.75) is 25.3 Å². The normalized spacial score (nSPS) is 15.9. The number of H-pyrrole nitrogens is 1. The number of fused-ring (bicyclic) bond motifs is 4. The van der Waals surface area contributed by atoms with Crippen LogP contribution in [0.4, 0.5) is 0 Å². The SMILES string of the molecule is O=C(O)CC1c2c([nH]c3ccc(Cl)cc23)CCN1C(=O)Cc1cccc2ccccc12. The molecule has 31 heavy (non-hydrogen) atoms. The van der Waals surface area contributed by atoms with E-state index < -0.39 is 12.0 Å². The van der Waals surface area contributed by atoms with Crippen molar-refractivity contribution in [3.63, 3.8) is 0 Å². The number of hydrogen-bond donors (Lipinski definition) is 2. The second kappa shape index (κ2) is 7.75. The molecule has 0 aliphatic carbocycles. The van der Waals surface area contributed by atoms with E-state index in [1.54, 1.807) is 4.90 Å². The lowest BCUT2D eigenvalue weighted by Gasteiger charge is -2.35. The van der Waals surface area contributed by atoms with E-state index in [0.29, 0.717) is 18.0 Å². The highest BCUT2D eigenvalue weighted by atomic mass is 35.5. The highest BCUT2D eigenvalue weighted by molar-refractivity contribution is 6.31. The van der Waals surface area contributed by atoms with Crippen molar-refractivity contribution >= 4 is 45.2 Å². The Kier molecular flexibility index (Phi) is 4.91. The zero-order valence-corrected chi connectivity index (χ0v) is 17.5. The second-order valence-corrected chi connectivity index (χ2v) is 8.41. The molecule has 0 spiro atoms. The van der Waals surface area contributed by atoms with Crippen LogP contribution in [0.25, 0.3) is 21.7 Å². The third-order valence-electron chi connectivity index (χ3n) is 6.10. The van der Waals surface area contributed by atoms with E-state index in [9.17, 15) is 14.7 Å². The van der Waals surface area contributed by atoms with E-state index in [1.165, 1.54) is 0 Å². The fourth-order valence-electron chi connectivity index (χ4n) is 4.75. The molecule has 156 valence electrons. The average Bonchev–Trinajstić information content (AvgIpc) is 3.12. The minimum Gasteiger partial charge on any atom is -0.481 e. The largest absolute Gasteiger partial charge is 0.481 e. The van der Waals surface area contributed by atoms with Gasteiger partial charge in [-0.25, -0.2) is 0 Å². The minimum absolute atomic E-state index is 0.0652. The van der Waals surface area contributed by atoms with Crippen molar-refractivity contribution in [3.05, 3.63) is 82.5 Å². The first-order valence-corrected chi connectivity index (χ1v) is 10.7. The summed E-state index contributed by atoms with van der Waals surface area (Å²) in [6.07, 6.45) is 0.739. The summed E-state index contributed by atoms with van der Waals surface area (Å²) in [4.78, 5) is 30.3. The molecule has 5 rings (SSSR count). The van der Waals surface area contributed by atoms with Gasteiger partial charge in [-0.2, -0.15) is 0 Å². The van der Waals surface area contributed by atoms with Crippen LogP contribution in [0, 0.1) is 0 Å². The summed E-state index contributed by atoms with van der Waals surface area (Å²) in [6, 6.07) is 19.0. The number of carboxylic acid groups (broad SMARTS) is 1. The molecule has 1 aromatic heterocycles. The summed E-state index contributed by atoms with van der Waals surface area (Å²) in [7, 11) is 0. The topological polar surface area (TPSA) is 73.4 Å². The Hall–Kier alpha value is -3.31. The number of aliphatic carboxylic acids is 1. The van der Waals surface area contributed by atoms with Crippen molar-refractivity contribution in [2.24, 2.45) is 0 Å². The van der Waals surface area contributed by atoms with Crippen LogP contribution in [-0.2, 0) is 22.4 Å². The molecule has 3 aromatic carbocycles. The van der Waals surface area contributed by atoms with Gasteiger partial charge in [0.2, 0.25) is 5.91 Å². The lowest BCUT2D eigenvalue weighted by atomic mass is 9.92. The Morgan fingerprint density at radius 1 is 1.06 bits per heavy atom. The van der Waals surface area contributed by atoms with Crippen LogP contribution in [0.2, 0.25) is 5.02 Å². The number of rotatable bonds is 4. The summed E-state index contributed by atoms with van der Waals surface area (Å²) in [5.74, 6) is -0.998. The predicted molar refractivity (Wildman–Crippen MR) is 121 cm³/mol. The summed E-state index contributed by atoms with van der Waals surface area (Å²) < 4.78 is 0. The van der Waals surface area contributed by atoms with E-state index in [2.05, 4.69) is 4.98 Å². The van der Waals surface area contributed by atoms with E-state index in [1.807, 2.05) is 60.7 Å². The monoisotopic (exact) mass is 432 g/mol. The van der Waals surface area contributed by atoms with Gasteiger partial charge in [0.25, 0.3) is 0 Å². The Balaban J connectivity index is 1.54. The van der Waals surface area contributed by atoms with E-state index in [4.69, 9.17) is 11.6 Å².